The van der Waals surface area contributed by atoms with Gasteiger partial charge in [-0.3, -0.25) is 9.59 Å². The molecule has 0 aliphatic carbocycles. The SMILES string of the molecule is COC(=O)CC(NC(=O)C1CCN(S(=O)(=O)c2c(C)c(C)cc(C)c2C)CC1)c1ccccc1. The summed E-state index contributed by atoms with van der Waals surface area (Å²) in [5, 5.41) is 2.98. The predicted molar refractivity (Wildman–Crippen MR) is 131 cm³/mol. The molecule has 2 aromatic rings. The molecule has 2 aromatic carbocycles. The van der Waals surface area contributed by atoms with Crippen LogP contribution in [0.3, 0.4) is 0 Å². The number of carbonyl (C=O) groups excluding carboxylic acids is 2. The van der Waals surface area contributed by atoms with E-state index >= 15 is 0 Å². The lowest BCUT2D eigenvalue weighted by molar-refractivity contribution is -0.141. The Balaban J connectivity index is 1.71. The van der Waals surface area contributed by atoms with Crippen LogP contribution in [0.4, 0.5) is 0 Å². The third kappa shape index (κ3) is 5.50. The summed E-state index contributed by atoms with van der Waals surface area (Å²) in [6.07, 6.45) is 0.881. The number of amides is 1. The van der Waals surface area contributed by atoms with Gasteiger partial charge in [0, 0.05) is 19.0 Å². The number of hydrogen-bond donors (Lipinski definition) is 1. The highest BCUT2D eigenvalue weighted by Gasteiger charge is 2.35. The second-order valence-electron chi connectivity index (χ2n) is 9.02. The number of esters is 1. The molecular weight excluding hydrogens is 452 g/mol. The molecule has 0 saturated carbocycles. The van der Waals surface area contributed by atoms with Crippen LogP contribution in [0, 0.1) is 33.6 Å². The fourth-order valence-electron chi connectivity index (χ4n) is 4.53. The highest BCUT2D eigenvalue weighted by atomic mass is 32.2. The minimum atomic E-state index is -3.66. The molecule has 7 nitrogen and oxygen atoms in total. The van der Waals surface area contributed by atoms with E-state index in [1.807, 2.05) is 64.1 Å². The predicted octanol–water partition coefficient (Wildman–Crippen LogP) is 3.74. The molecule has 184 valence electrons. The van der Waals surface area contributed by atoms with E-state index < -0.39 is 22.0 Å². The zero-order valence-electron chi connectivity index (χ0n) is 20.6. The lowest BCUT2D eigenvalue weighted by Crippen LogP contribution is -2.44. The molecule has 0 bridgehead atoms. The first-order valence-corrected chi connectivity index (χ1v) is 13.0. The standard InChI is InChI=1S/C26H34N2O5S/c1-17-15-18(2)20(4)25(19(17)3)34(31,32)28-13-11-22(12-14-28)26(30)27-23(16-24(29)33-5)21-9-7-6-8-10-21/h6-10,15,22-23H,11-14,16H2,1-5H3,(H,27,30). The van der Waals surface area contributed by atoms with Gasteiger partial charge in [0.25, 0.3) is 0 Å². The van der Waals surface area contributed by atoms with Crippen LogP contribution in [0.2, 0.25) is 0 Å². The molecule has 1 atom stereocenters. The van der Waals surface area contributed by atoms with Gasteiger partial charge in [-0.1, -0.05) is 36.4 Å². The molecule has 34 heavy (non-hydrogen) atoms. The first-order valence-electron chi connectivity index (χ1n) is 11.6. The fraction of sp³-hybridized carbons (Fsp3) is 0.462. The van der Waals surface area contributed by atoms with Gasteiger partial charge in [-0.05, 0) is 68.4 Å². The zero-order valence-corrected chi connectivity index (χ0v) is 21.4. The van der Waals surface area contributed by atoms with Crippen molar-refractivity contribution in [2.75, 3.05) is 20.2 Å². The zero-order chi connectivity index (χ0) is 25.0. The topological polar surface area (TPSA) is 92.8 Å². The second-order valence-corrected chi connectivity index (χ2v) is 10.9. The molecule has 1 aliphatic rings. The van der Waals surface area contributed by atoms with Crippen molar-refractivity contribution >= 4 is 21.9 Å². The number of piperidine rings is 1. The molecule has 1 saturated heterocycles. The number of nitrogens with zero attached hydrogens (tertiary/aromatic N) is 1. The van der Waals surface area contributed by atoms with E-state index in [1.54, 1.807) is 0 Å². The molecule has 3 rings (SSSR count). The molecule has 0 aromatic heterocycles. The summed E-state index contributed by atoms with van der Waals surface area (Å²) >= 11 is 0. The van der Waals surface area contributed by atoms with Gasteiger partial charge in [-0.15, -0.1) is 0 Å². The minimum absolute atomic E-state index is 0.0325. The van der Waals surface area contributed by atoms with Gasteiger partial charge < -0.3 is 10.1 Å². The number of aryl methyl sites for hydroxylation is 2. The number of carbonyl (C=O) groups is 2. The van der Waals surface area contributed by atoms with Crippen molar-refractivity contribution in [1.82, 2.24) is 9.62 Å². The van der Waals surface area contributed by atoms with Crippen LogP contribution < -0.4 is 5.32 Å². The molecule has 1 aliphatic heterocycles. The monoisotopic (exact) mass is 486 g/mol. The van der Waals surface area contributed by atoms with E-state index in [0.29, 0.717) is 17.7 Å². The maximum atomic E-state index is 13.5. The summed E-state index contributed by atoms with van der Waals surface area (Å²) in [4.78, 5) is 25.3. The first kappa shape index (κ1) is 25.9. The van der Waals surface area contributed by atoms with Gasteiger partial charge in [0.15, 0.2) is 0 Å². The van der Waals surface area contributed by atoms with Crippen molar-refractivity contribution in [3.8, 4) is 0 Å². The van der Waals surface area contributed by atoms with E-state index in [9.17, 15) is 18.0 Å². The second kappa shape index (κ2) is 10.7. The van der Waals surface area contributed by atoms with Gasteiger partial charge >= 0.3 is 5.97 Å². The number of benzene rings is 2. The Kier molecular flexibility index (Phi) is 8.15. The summed E-state index contributed by atoms with van der Waals surface area (Å²) in [5.74, 6) is -0.903. The number of nitrogens with one attached hydrogen (secondary N) is 1. The van der Waals surface area contributed by atoms with Crippen LogP contribution in [0.25, 0.3) is 0 Å². The van der Waals surface area contributed by atoms with Gasteiger partial charge in [-0.25, -0.2) is 8.42 Å². The summed E-state index contributed by atoms with van der Waals surface area (Å²) in [7, 11) is -2.34. The molecule has 8 heteroatoms. The Hall–Kier alpha value is -2.71. The first-order chi connectivity index (χ1) is 16.1. The van der Waals surface area contributed by atoms with E-state index in [2.05, 4.69) is 5.32 Å². The van der Waals surface area contributed by atoms with Crippen molar-refractivity contribution in [3.05, 3.63) is 64.2 Å². The molecule has 1 heterocycles. The number of hydrogen-bond acceptors (Lipinski definition) is 5. The smallest absolute Gasteiger partial charge is 0.307 e. The Bertz CT molecular complexity index is 1130. The number of rotatable bonds is 7. The third-order valence-electron chi connectivity index (χ3n) is 6.84. The summed E-state index contributed by atoms with van der Waals surface area (Å²) < 4.78 is 33.3. The lowest BCUT2D eigenvalue weighted by atomic mass is 9.95. The Labute approximate surface area is 202 Å². The summed E-state index contributed by atoms with van der Waals surface area (Å²) in [6, 6.07) is 10.8. The van der Waals surface area contributed by atoms with Gasteiger partial charge in [0.05, 0.1) is 24.5 Å². The van der Waals surface area contributed by atoms with Crippen molar-refractivity contribution < 1.29 is 22.7 Å². The van der Waals surface area contributed by atoms with Gasteiger partial charge in [0.2, 0.25) is 15.9 Å². The van der Waals surface area contributed by atoms with Crippen LogP contribution >= 0.6 is 0 Å². The third-order valence-corrected chi connectivity index (χ3v) is 9.01. The molecular formula is C26H34N2O5S. The van der Waals surface area contributed by atoms with E-state index in [-0.39, 0.29) is 31.3 Å². The highest BCUT2D eigenvalue weighted by molar-refractivity contribution is 7.89. The van der Waals surface area contributed by atoms with Crippen molar-refractivity contribution in [3.63, 3.8) is 0 Å². The molecule has 1 unspecified atom stereocenters. The van der Waals surface area contributed by atoms with Crippen LogP contribution in [0.15, 0.2) is 41.3 Å². The van der Waals surface area contributed by atoms with Crippen LogP contribution in [0.5, 0.6) is 0 Å². The minimum Gasteiger partial charge on any atom is -0.469 e. The quantitative estimate of drug-likeness (QED) is 0.602. The van der Waals surface area contributed by atoms with E-state index in [0.717, 1.165) is 27.8 Å². The fourth-order valence-corrected chi connectivity index (χ4v) is 6.58. The summed E-state index contributed by atoms with van der Waals surface area (Å²) in [6.45, 7) is 8.10. The summed E-state index contributed by atoms with van der Waals surface area (Å²) in [5.41, 5.74) is 4.27. The Morgan fingerprint density at radius 1 is 1.03 bits per heavy atom. The molecule has 1 N–H and O–H groups in total. The van der Waals surface area contributed by atoms with E-state index in [1.165, 1.54) is 11.4 Å². The largest absolute Gasteiger partial charge is 0.469 e. The Morgan fingerprint density at radius 2 is 1.59 bits per heavy atom. The average molecular weight is 487 g/mol. The number of ether oxygens (including phenoxy) is 1. The van der Waals surface area contributed by atoms with Crippen molar-refractivity contribution in [1.29, 1.82) is 0 Å². The Morgan fingerprint density at radius 3 is 2.12 bits per heavy atom. The lowest BCUT2D eigenvalue weighted by Gasteiger charge is -2.32. The number of sulfonamides is 1. The highest BCUT2D eigenvalue weighted by Crippen LogP contribution is 2.31. The maximum absolute atomic E-state index is 13.5. The van der Waals surface area contributed by atoms with Crippen LogP contribution in [0.1, 0.15) is 53.1 Å². The van der Waals surface area contributed by atoms with Crippen LogP contribution in [-0.4, -0.2) is 44.8 Å². The van der Waals surface area contributed by atoms with Gasteiger partial charge in [0.1, 0.15) is 0 Å². The average Bonchev–Trinajstić information content (AvgIpc) is 2.82. The van der Waals surface area contributed by atoms with Crippen LogP contribution in [-0.2, 0) is 24.3 Å². The molecule has 1 amide bonds. The molecule has 0 spiro atoms. The molecule has 1 fully saturated rings. The molecule has 0 radical (unpaired) electrons. The van der Waals surface area contributed by atoms with Gasteiger partial charge in [-0.2, -0.15) is 4.31 Å². The van der Waals surface area contributed by atoms with Crippen molar-refractivity contribution in [2.24, 2.45) is 5.92 Å². The van der Waals surface area contributed by atoms with E-state index in [4.69, 9.17) is 4.74 Å². The van der Waals surface area contributed by atoms with Crippen molar-refractivity contribution in [2.45, 2.75) is 57.9 Å². The number of methoxy groups -OCH3 is 1. The maximum Gasteiger partial charge on any atom is 0.307 e. The normalized spacial score (nSPS) is 16.1.